The zero-order valence-corrected chi connectivity index (χ0v) is 14.8. The first-order valence-electron chi connectivity index (χ1n) is 9.16. The Labute approximate surface area is 149 Å². The molecule has 5 heteroatoms. The second kappa shape index (κ2) is 7.02. The van der Waals surface area contributed by atoms with Crippen molar-refractivity contribution in [1.82, 2.24) is 14.7 Å². The minimum atomic E-state index is 0.0203. The second-order valence-corrected chi connectivity index (χ2v) is 7.22. The van der Waals surface area contributed by atoms with Gasteiger partial charge in [-0.3, -0.25) is 4.90 Å². The van der Waals surface area contributed by atoms with E-state index in [-0.39, 0.29) is 6.03 Å². The Morgan fingerprint density at radius 2 is 1.76 bits per heavy atom. The minimum Gasteiger partial charge on any atom is -0.323 e. The Hall–Kier alpha value is -2.11. The molecular weight excluding hydrogens is 312 g/mol. The van der Waals surface area contributed by atoms with Gasteiger partial charge in [-0.15, -0.1) is 0 Å². The zero-order chi connectivity index (χ0) is 17.2. The SMILES string of the molecule is CN1CCN([C@@H]2CCN(C(=O)Nc3ccc4ccccc4c3)C2)CC1. The van der Waals surface area contributed by atoms with Crippen molar-refractivity contribution in [1.29, 1.82) is 0 Å². The molecule has 2 aromatic carbocycles. The number of rotatable bonds is 2. The number of carbonyl (C=O) groups is 1. The molecule has 2 saturated heterocycles. The molecular formula is C20H26N4O. The van der Waals surface area contributed by atoms with E-state index >= 15 is 0 Å². The average molecular weight is 338 g/mol. The third kappa shape index (κ3) is 3.62. The van der Waals surface area contributed by atoms with E-state index in [1.165, 1.54) is 5.39 Å². The highest BCUT2D eigenvalue weighted by Crippen LogP contribution is 2.21. The van der Waals surface area contributed by atoms with E-state index in [1.807, 2.05) is 29.2 Å². The van der Waals surface area contributed by atoms with E-state index in [0.717, 1.165) is 56.8 Å². The Bertz CT molecular complexity index is 754. The van der Waals surface area contributed by atoms with Gasteiger partial charge < -0.3 is 15.1 Å². The van der Waals surface area contributed by atoms with Crippen LogP contribution in [0.25, 0.3) is 10.8 Å². The van der Waals surface area contributed by atoms with Crippen molar-refractivity contribution >= 4 is 22.5 Å². The number of likely N-dealkylation sites (tertiary alicyclic amines) is 1. The Kier molecular flexibility index (Phi) is 4.59. The number of hydrogen-bond acceptors (Lipinski definition) is 3. The number of anilines is 1. The normalized spacial score (nSPS) is 22.4. The van der Waals surface area contributed by atoms with Crippen LogP contribution in [0.5, 0.6) is 0 Å². The summed E-state index contributed by atoms with van der Waals surface area (Å²) in [6.07, 6.45) is 1.08. The lowest BCUT2D eigenvalue weighted by molar-refractivity contribution is 0.115. The lowest BCUT2D eigenvalue weighted by Gasteiger charge is -2.36. The van der Waals surface area contributed by atoms with Gasteiger partial charge in [-0.25, -0.2) is 4.79 Å². The highest BCUT2D eigenvalue weighted by atomic mass is 16.2. The van der Waals surface area contributed by atoms with Crippen LogP contribution in [0.4, 0.5) is 10.5 Å². The van der Waals surface area contributed by atoms with Gasteiger partial charge in [-0.1, -0.05) is 30.3 Å². The van der Waals surface area contributed by atoms with Crippen LogP contribution in [-0.4, -0.2) is 73.1 Å². The molecule has 2 fully saturated rings. The van der Waals surface area contributed by atoms with E-state index in [0.29, 0.717) is 6.04 Å². The van der Waals surface area contributed by atoms with Crippen molar-refractivity contribution in [3.05, 3.63) is 42.5 Å². The van der Waals surface area contributed by atoms with Gasteiger partial charge >= 0.3 is 6.03 Å². The molecule has 25 heavy (non-hydrogen) atoms. The standard InChI is InChI=1S/C20H26N4O/c1-22-10-12-23(13-11-22)19-8-9-24(15-19)20(25)21-18-7-6-16-4-2-3-5-17(16)14-18/h2-7,14,19H,8-13,15H2,1H3,(H,21,25)/t19-/m1/s1. The van der Waals surface area contributed by atoms with E-state index in [9.17, 15) is 4.79 Å². The molecule has 0 aromatic heterocycles. The van der Waals surface area contributed by atoms with Crippen LogP contribution >= 0.6 is 0 Å². The predicted octanol–water partition coefficient (Wildman–Crippen LogP) is 2.69. The number of hydrogen-bond donors (Lipinski definition) is 1. The van der Waals surface area contributed by atoms with E-state index < -0.39 is 0 Å². The van der Waals surface area contributed by atoms with Crippen molar-refractivity contribution in [2.75, 3.05) is 51.6 Å². The number of urea groups is 1. The number of nitrogens with zero attached hydrogens (tertiary/aromatic N) is 3. The van der Waals surface area contributed by atoms with Crippen molar-refractivity contribution in [2.24, 2.45) is 0 Å². The van der Waals surface area contributed by atoms with Crippen LogP contribution in [0, 0.1) is 0 Å². The van der Waals surface area contributed by atoms with Crippen molar-refractivity contribution in [3.63, 3.8) is 0 Å². The van der Waals surface area contributed by atoms with Crippen molar-refractivity contribution in [2.45, 2.75) is 12.5 Å². The maximum absolute atomic E-state index is 12.6. The molecule has 1 atom stereocenters. The molecule has 132 valence electrons. The minimum absolute atomic E-state index is 0.0203. The molecule has 5 nitrogen and oxygen atoms in total. The van der Waals surface area contributed by atoms with Gasteiger partial charge in [0.05, 0.1) is 0 Å². The largest absolute Gasteiger partial charge is 0.323 e. The predicted molar refractivity (Wildman–Crippen MR) is 102 cm³/mol. The maximum atomic E-state index is 12.6. The molecule has 0 bridgehead atoms. The summed E-state index contributed by atoms with van der Waals surface area (Å²) >= 11 is 0. The molecule has 0 saturated carbocycles. The zero-order valence-electron chi connectivity index (χ0n) is 14.8. The van der Waals surface area contributed by atoms with Crippen LogP contribution in [0.2, 0.25) is 0 Å². The molecule has 2 aliphatic rings. The molecule has 0 spiro atoms. The van der Waals surface area contributed by atoms with Gasteiger partial charge in [0.1, 0.15) is 0 Å². The van der Waals surface area contributed by atoms with Gasteiger partial charge in [0.2, 0.25) is 0 Å². The number of nitrogens with one attached hydrogen (secondary N) is 1. The summed E-state index contributed by atoms with van der Waals surface area (Å²) in [5.41, 5.74) is 0.867. The third-order valence-corrected chi connectivity index (χ3v) is 5.51. The lowest BCUT2D eigenvalue weighted by atomic mass is 10.1. The fourth-order valence-electron chi connectivity index (χ4n) is 3.88. The van der Waals surface area contributed by atoms with Gasteiger partial charge in [0, 0.05) is 51.0 Å². The molecule has 2 aromatic rings. The Morgan fingerprint density at radius 1 is 1.00 bits per heavy atom. The highest BCUT2D eigenvalue weighted by molar-refractivity contribution is 5.93. The molecule has 0 radical (unpaired) electrons. The molecule has 2 amide bonds. The summed E-state index contributed by atoms with van der Waals surface area (Å²) in [4.78, 5) is 19.5. The number of carbonyl (C=O) groups excluding carboxylic acids is 1. The first-order valence-corrected chi connectivity index (χ1v) is 9.16. The van der Waals surface area contributed by atoms with Crippen LogP contribution in [-0.2, 0) is 0 Å². The first-order chi connectivity index (χ1) is 12.2. The number of likely N-dealkylation sites (N-methyl/N-ethyl adjacent to an activating group) is 1. The van der Waals surface area contributed by atoms with Gasteiger partial charge in [0.25, 0.3) is 0 Å². The topological polar surface area (TPSA) is 38.8 Å². The van der Waals surface area contributed by atoms with E-state index in [4.69, 9.17) is 0 Å². The molecule has 0 aliphatic carbocycles. The number of amides is 2. The van der Waals surface area contributed by atoms with Crippen LogP contribution < -0.4 is 5.32 Å². The summed E-state index contributed by atoms with van der Waals surface area (Å²) < 4.78 is 0. The number of piperazine rings is 1. The fraction of sp³-hybridized carbons (Fsp3) is 0.450. The summed E-state index contributed by atoms with van der Waals surface area (Å²) in [5, 5.41) is 5.41. The smallest absolute Gasteiger partial charge is 0.321 e. The second-order valence-electron chi connectivity index (χ2n) is 7.22. The molecule has 1 N–H and O–H groups in total. The Morgan fingerprint density at radius 3 is 2.56 bits per heavy atom. The number of benzene rings is 2. The van der Waals surface area contributed by atoms with Crippen molar-refractivity contribution < 1.29 is 4.79 Å². The van der Waals surface area contributed by atoms with Gasteiger partial charge in [-0.05, 0) is 36.4 Å². The third-order valence-electron chi connectivity index (χ3n) is 5.51. The van der Waals surface area contributed by atoms with E-state index in [2.05, 4.69) is 40.4 Å². The quantitative estimate of drug-likeness (QED) is 0.915. The fourth-order valence-corrected chi connectivity index (χ4v) is 3.88. The first kappa shape index (κ1) is 16.4. The monoisotopic (exact) mass is 338 g/mol. The lowest BCUT2D eigenvalue weighted by Crippen LogP contribution is -2.50. The van der Waals surface area contributed by atoms with Crippen LogP contribution in [0.3, 0.4) is 0 Å². The highest BCUT2D eigenvalue weighted by Gasteiger charge is 2.31. The summed E-state index contributed by atoms with van der Waals surface area (Å²) in [7, 11) is 2.18. The molecule has 2 aliphatic heterocycles. The number of fused-ring (bicyclic) bond motifs is 1. The summed E-state index contributed by atoms with van der Waals surface area (Å²) in [6.45, 7) is 6.15. The van der Waals surface area contributed by atoms with Gasteiger partial charge in [-0.2, -0.15) is 0 Å². The van der Waals surface area contributed by atoms with Crippen LogP contribution in [0.1, 0.15) is 6.42 Å². The van der Waals surface area contributed by atoms with E-state index in [1.54, 1.807) is 0 Å². The van der Waals surface area contributed by atoms with Crippen molar-refractivity contribution in [3.8, 4) is 0 Å². The Balaban J connectivity index is 1.36. The molecule has 2 heterocycles. The van der Waals surface area contributed by atoms with Crippen LogP contribution in [0.15, 0.2) is 42.5 Å². The summed E-state index contributed by atoms with van der Waals surface area (Å²) in [6, 6.07) is 14.8. The molecule has 0 unspecified atom stereocenters. The maximum Gasteiger partial charge on any atom is 0.321 e. The summed E-state index contributed by atoms with van der Waals surface area (Å²) in [5.74, 6) is 0. The average Bonchev–Trinajstić information content (AvgIpc) is 3.12. The molecule has 4 rings (SSSR count). The van der Waals surface area contributed by atoms with Gasteiger partial charge in [0.15, 0.2) is 0 Å².